The molecule has 0 saturated carbocycles. The number of hydrogen-bond donors (Lipinski definition) is 0. The number of hydrogen-bond acceptors (Lipinski definition) is 3. The van der Waals surface area contributed by atoms with E-state index >= 15 is 0 Å². The number of rotatable bonds is 5. The van der Waals surface area contributed by atoms with Gasteiger partial charge in [0, 0.05) is 67.5 Å². The Morgan fingerprint density at radius 1 is 0.322 bits per heavy atom. The fourth-order valence-electron chi connectivity index (χ4n) is 15.7. The van der Waals surface area contributed by atoms with Gasteiger partial charge in [-0.25, -0.2) is 0 Å². The highest BCUT2D eigenvalue weighted by molar-refractivity contribution is 7.00. The van der Waals surface area contributed by atoms with Crippen LogP contribution in [0.25, 0.3) is 60.9 Å². The molecule has 1 spiro atoms. The Hall–Kier alpha value is -10.1. The van der Waals surface area contributed by atoms with Crippen LogP contribution < -0.4 is 30.9 Å². The maximum atomic E-state index is 7.47. The summed E-state index contributed by atoms with van der Waals surface area (Å²) >= 11 is 0. The molecule has 0 radical (unpaired) electrons. The second-order valence-corrected chi connectivity index (χ2v) is 28.4. The predicted octanol–water partition coefficient (Wildman–Crippen LogP) is 20.6. The second-order valence-electron chi connectivity index (χ2n) is 28.4. The van der Waals surface area contributed by atoms with Crippen LogP contribution in [0.15, 0.2) is 261 Å². The number of benzene rings is 12. The highest BCUT2D eigenvalue weighted by Gasteiger charge is 2.53. The standard InChI is InChI=1S/C85H70BN3O/c1-82(2,3)55-40-44-73-63(46-55)64-47-56(83(4,5)6)41-45-74(64)87(73)58-42-43-69-75(50-58)88(71-37-23-18-30-59(71)53-26-12-10-13-27-53)77-48-57(84(7,8)9)49-78-81(77)86(69)70-51-68-80(52-76(70)89(78)72-38-24-19-31-60(72)54-28-14-11-15-29-54)90-79-39-25-22-36-67(79)85(68)65-34-20-16-32-61(65)62-33-17-21-35-66(62)85/h10-52H,1-9H3. The first kappa shape index (κ1) is 54.1. The molecule has 1 aromatic heterocycles. The number of ether oxygens (including phenoxy) is 1. The van der Waals surface area contributed by atoms with Crippen LogP contribution in [0.5, 0.6) is 11.5 Å². The summed E-state index contributed by atoms with van der Waals surface area (Å²) in [5.74, 6) is 1.73. The lowest BCUT2D eigenvalue weighted by Gasteiger charge is -2.47. The van der Waals surface area contributed by atoms with Crippen LogP contribution in [0.2, 0.25) is 0 Å². The minimum absolute atomic E-state index is 0.0324. The van der Waals surface area contributed by atoms with Crippen molar-refractivity contribution in [3.8, 4) is 50.6 Å². The Bertz CT molecular complexity index is 5010. The zero-order chi connectivity index (χ0) is 61.2. The highest BCUT2D eigenvalue weighted by Crippen LogP contribution is 2.63. The van der Waals surface area contributed by atoms with Crippen LogP contribution in [0, 0.1) is 0 Å². The SMILES string of the molecule is CC(C)(C)c1cc2c3c(c1)N(c1ccccc1-c1ccccc1)c1cc4c(cc1B3c1ccc(-n3c5ccc(C(C)(C)C)cc5c5cc(C(C)(C)C)ccc53)cc1N2c1ccccc1-c1ccccc1)C1(c2ccccc2O4)c2ccccc2-c2ccccc21. The third-order valence-corrected chi connectivity index (χ3v) is 20.1. The van der Waals surface area contributed by atoms with Gasteiger partial charge in [-0.1, -0.05) is 250 Å². The van der Waals surface area contributed by atoms with Crippen LogP contribution in [-0.4, -0.2) is 11.3 Å². The van der Waals surface area contributed by atoms with Gasteiger partial charge in [0.2, 0.25) is 0 Å². The minimum Gasteiger partial charge on any atom is -0.457 e. The summed E-state index contributed by atoms with van der Waals surface area (Å²) < 4.78 is 10.0. The van der Waals surface area contributed by atoms with Crippen molar-refractivity contribution < 1.29 is 4.74 Å². The molecule has 434 valence electrons. The third kappa shape index (κ3) is 7.87. The Kier molecular flexibility index (Phi) is 11.7. The average molecular weight is 1160 g/mol. The highest BCUT2D eigenvalue weighted by atomic mass is 16.5. The van der Waals surface area contributed by atoms with Crippen LogP contribution in [0.1, 0.15) is 101 Å². The Morgan fingerprint density at radius 3 is 1.30 bits per heavy atom. The second kappa shape index (κ2) is 19.5. The van der Waals surface area contributed by atoms with Crippen molar-refractivity contribution in [2.45, 2.75) is 84.0 Å². The minimum atomic E-state index is -0.684. The molecule has 90 heavy (non-hydrogen) atoms. The zero-order valence-electron chi connectivity index (χ0n) is 52.7. The van der Waals surface area contributed by atoms with Crippen molar-refractivity contribution in [2.24, 2.45) is 0 Å². The fraction of sp³-hybridized carbons (Fsp3) is 0.153. The van der Waals surface area contributed by atoms with Gasteiger partial charge in [-0.3, -0.25) is 0 Å². The summed E-state index contributed by atoms with van der Waals surface area (Å²) in [6.07, 6.45) is 0. The van der Waals surface area contributed by atoms with Crippen molar-refractivity contribution in [1.29, 1.82) is 0 Å². The molecule has 0 N–H and O–H groups in total. The normalized spacial score (nSPS) is 14.2. The molecule has 12 aromatic carbocycles. The molecule has 17 rings (SSSR count). The molecule has 1 aliphatic carbocycles. The molecule has 3 aliphatic heterocycles. The Balaban J connectivity index is 1.02. The van der Waals surface area contributed by atoms with E-state index in [9.17, 15) is 0 Å². The number of para-hydroxylation sites is 3. The van der Waals surface area contributed by atoms with E-state index in [1.165, 1.54) is 88.4 Å². The van der Waals surface area contributed by atoms with E-state index in [-0.39, 0.29) is 23.0 Å². The quantitative estimate of drug-likeness (QED) is 0.160. The summed E-state index contributed by atoms with van der Waals surface area (Å²) in [4.78, 5) is 5.25. The van der Waals surface area contributed by atoms with E-state index in [1.54, 1.807) is 0 Å². The largest absolute Gasteiger partial charge is 0.457 e. The first-order valence-electron chi connectivity index (χ1n) is 32.0. The van der Waals surface area contributed by atoms with Gasteiger partial charge in [0.05, 0.1) is 27.8 Å². The molecule has 4 aliphatic rings. The number of nitrogens with zero attached hydrogens (tertiary/aromatic N) is 3. The molecule has 0 bridgehead atoms. The van der Waals surface area contributed by atoms with E-state index < -0.39 is 5.41 Å². The number of aromatic nitrogens is 1. The first-order valence-corrected chi connectivity index (χ1v) is 32.0. The topological polar surface area (TPSA) is 20.6 Å². The number of fused-ring (bicyclic) bond motifs is 16. The zero-order valence-corrected chi connectivity index (χ0v) is 52.7. The van der Waals surface area contributed by atoms with E-state index in [1.807, 2.05) is 0 Å². The first-order chi connectivity index (χ1) is 43.6. The lowest BCUT2D eigenvalue weighted by Crippen LogP contribution is -2.62. The van der Waals surface area contributed by atoms with Crippen LogP contribution in [-0.2, 0) is 21.7 Å². The summed E-state index contributed by atoms with van der Waals surface area (Å²) in [6, 6.07) is 98.9. The summed E-state index contributed by atoms with van der Waals surface area (Å²) in [5.41, 5.74) is 28.9. The molecule has 0 saturated heterocycles. The van der Waals surface area contributed by atoms with E-state index in [0.29, 0.717) is 0 Å². The van der Waals surface area contributed by atoms with Gasteiger partial charge in [0.1, 0.15) is 11.5 Å². The van der Waals surface area contributed by atoms with Gasteiger partial charge in [-0.2, -0.15) is 0 Å². The monoisotopic (exact) mass is 1160 g/mol. The van der Waals surface area contributed by atoms with Gasteiger partial charge >= 0.3 is 0 Å². The molecule has 13 aromatic rings. The van der Waals surface area contributed by atoms with E-state index in [2.05, 4.69) is 338 Å². The Labute approximate surface area is 529 Å². The van der Waals surface area contributed by atoms with Crippen molar-refractivity contribution >= 4 is 79.0 Å². The van der Waals surface area contributed by atoms with Crippen molar-refractivity contribution in [3.63, 3.8) is 0 Å². The molecule has 0 unspecified atom stereocenters. The van der Waals surface area contributed by atoms with Crippen molar-refractivity contribution in [1.82, 2.24) is 4.57 Å². The molecule has 5 heteroatoms. The van der Waals surface area contributed by atoms with Crippen molar-refractivity contribution in [3.05, 3.63) is 300 Å². The van der Waals surface area contributed by atoms with E-state index in [0.717, 1.165) is 73.4 Å². The lowest BCUT2D eigenvalue weighted by atomic mass is 9.33. The summed E-state index contributed by atoms with van der Waals surface area (Å²) in [5, 5.41) is 2.54. The van der Waals surface area contributed by atoms with Gasteiger partial charge in [-0.05, 0) is 149 Å². The Morgan fingerprint density at radius 2 is 0.778 bits per heavy atom. The summed E-state index contributed by atoms with van der Waals surface area (Å²) in [6.45, 7) is 20.8. The van der Waals surface area contributed by atoms with E-state index in [4.69, 9.17) is 4.74 Å². The van der Waals surface area contributed by atoms with Gasteiger partial charge in [0.15, 0.2) is 0 Å². The molecule has 4 heterocycles. The molecule has 0 amide bonds. The molecular formula is C85H70BN3O. The van der Waals surface area contributed by atoms with Crippen LogP contribution in [0.4, 0.5) is 34.1 Å². The fourth-order valence-corrected chi connectivity index (χ4v) is 15.7. The van der Waals surface area contributed by atoms with Crippen molar-refractivity contribution in [2.75, 3.05) is 9.80 Å². The molecule has 4 nitrogen and oxygen atoms in total. The lowest BCUT2D eigenvalue weighted by molar-refractivity contribution is 0.437. The smallest absolute Gasteiger partial charge is 0.252 e. The molecule has 0 atom stereocenters. The van der Waals surface area contributed by atoms with Crippen LogP contribution >= 0.6 is 0 Å². The van der Waals surface area contributed by atoms with Gasteiger partial charge < -0.3 is 19.1 Å². The average Bonchev–Trinajstić information content (AvgIpc) is 1.20. The third-order valence-electron chi connectivity index (χ3n) is 20.1. The summed E-state index contributed by atoms with van der Waals surface area (Å²) in [7, 11) is 0. The predicted molar refractivity (Wildman–Crippen MR) is 379 cm³/mol. The van der Waals surface area contributed by atoms with Crippen LogP contribution in [0.3, 0.4) is 0 Å². The van der Waals surface area contributed by atoms with Gasteiger partial charge in [-0.15, -0.1) is 0 Å². The maximum absolute atomic E-state index is 7.47. The molecular weight excluding hydrogens is 1090 g/mol. The van der Waals surface area contributed by atoms with Gasteiger partial charge in [0.25, 0.3) is 6.71 Å². The maximum Gasteiger partial charge on any atom is 0.252 e. The molecule has 0 fully saturated rings. The number of anilines is 6.